The molecular formula is C20H26FN3O6S. The number of benzene rings is 1. The second kappa shape index (κ2) is 9.41. The summed E-state index contributed by atoms with van der Waals surface area (Å²) >= 11 is 0. The van der Waals surface area contributed by atoms with Gasteiger partial charge in [0.15, 0.2) is 9.84 Å². The molecule has 2 saturated heterocycles. The molecular weight excluding hydrogens is 429 g/mol. The minimum absolute atomic E-state index is 0.00642. The summed E-state index contributed by atoms with van der Waals surface area (Å²) in [5, 5.41) is 0. The molecule has 0 aromatic heterocycles. The molecule has 3 rings (SSSR count). The Kier molecular flexibility index (Phi) is 7.07. The molecule has 31 heavy (non-hydrogen) atoms. The summed E-state index contributed by atoms with van der Waals surface area (Å²) < 4.78 is 42.7. The lowest BCUT2D eigenvalue weighted by molar-refractivity contribution is -0.144. The van der Waals surface area contributed by atoms with Crippen LogP contribution in [0, 0.1) is 11.7 Å². The standard InChI is InChI=1S/C20H26FN3O6S/c1-22(12-14-3-4-15(21)11-17(14)31(2,28)29)19(26)16-13-24(20(27)18(16)25)6-5-23-7-9-30-10-8-23/h3-4,11,16H,5-10,12-13H2,1-2H3. The molecule has 2 amide bonds. The molecule has 9 nitrogen and oxygen atoms in total. The van der Waals surface area contributed by atoms with E-state index in [1.54, 1.807) is 0 Å². The maximum absolute atomic E-state index is 13.5. The van der Waals surface area contributed by atoms with Gasteiger partial charge in [0.2, 0.25) is 11.7 Å². The Labute approximate surface area is 180 Å². The fourth-order valence-corrected chi connectivity index (χ4v) is 4.70. The number of halogens is 1. The van der Waals surface area contributed by atoms with Crippen LogP contribution < -0.4 is 0 Å². The van der Waals surface area contributed by atoms with Gasteiger partial charge in [-0.3, -0.25) is 19.3 Å². The quantitative estimate of drug-likeness (QED) is 0.405. The highest BCUT2D eigenvalue weighted by atomic mass is 32.2. The third-order valence-corrected chi connectivity index (χ3v) is 6.70. The number of hydrogen-bond acceptors (Lipinski definition) is 7. The summed E-state index contributed by atoms with van der Waals surface area (Å²) in [6.07, 6.45) is 0.957. The average molecular weight is 456 g/mol. The zero-order chi connectivity index (χ0) is 22.8. The van der Waals surface area contributed by atoms with E-state index in [0.717, 1.165) is 31.5 Å². The third-order valence-electron chi connectivity index (χ3n) is 5.52. The number of hydrogen-bond donors (Lipinski definition) is 0. The van der Waals surface area contributed by atoms with Crippen molar-refractivity contribution in [3.63, 3.8) is 0 Å². The van der Waals surface area contributed by atoms with Gasteiger partial charge in [-0.2, -0.15) is 0 Å². The smallest absolute Gasteiger partial charge is 0.290 e. The zero-order valence-electron chi connectivity index (χ0n) is 17.5. The Morgan fingerprint density at radius 2 is 1.90 bits per heavy atom. The van der Waals surface area contributed by atoms with Gasteiger partial charge in [-0.25, -0.2) is 12.8 Å². The van der Waals surface area contributed by atoms with Gasteiger partial charge in [-0.1, -0.05) is 6.07 Å². The van der Waals surface area contributed by atoms with Gasteiger partial charge in [0.1, 0.15) is 11.7 Å². The summed E-state index contributed by atoms with van der Waals surface area (Å²) in [6, 6.07) is 3.31. The minimum Gasteiger partial charge on any atom is -0.379 e. The molecule has 11 heteroatoms. The maximum Gasteiger partial charge on any atom is 0.290 e. The number of sulfone groups is 1. The van der Waals surface area contributed by atoms with Crippen molar-refractivity contribution < 1.29 is 31.9 Å². The first-order chi connectivity index (χ1) is 14.6. The molecule has 1 atom stereocenters. The number of ketones is 1. The Balaban J connectivity index is 1.65. The number of morpholine rings is 1. The van der Waals surface area contributed by atoms with Crippen LogP contribution in [0.1, 0.15) is 5.56 Å². The maximum atomic E-state index is 13.5. The van der Waals surface area contributed by atoms with Crippen molar-refractivity contribution >= 4 is 27.4 Å². The topological polar surface area (TPSA) is 104 Å². The van der Waals surface area contributed by atoms with E-state index < -0.39 is 39.2 Å². The zero-order valence-corrected chi connectivity index (χ0v) is 18.4. The van der Waals surface area contributed by atoms with Crippen molar-refractivity contribution in [2.75, 3.05) is 59.2 Å². The van der Waals surface area contributed by atoms with Crippen LogP contribution in [0.25, 0.3) is 0 Å². The molecule has 2 aliphatic heterocycles. The van der Waals surface area contributed by atoms with Gasteiger partial charge >= 0.3 is 0 Å². The molecule has 1 aromatic rings. The van der Waals surface area contributed by atoms with Crippen molar-refractivity contribution in [1.29, 1.82) is 0 Å². The van der Waals surface area contributed by atoms with Crippen LogP contribution in [0.5, 0.6) is 0 Å². The van der Waals surface area contributed by atoms with Gasteiger partial charge in [0.05, 0.1) is 18.1 Å². The number of amides is 2. The summed E-state index contributed by atoms with van der Waals surface area (Å²) in [4.78, 5) is 42.1. The van der Waals surface area contributed by atoms with Gasteiger partial charge in [-0.05, 0) is 17.7 Å². The molecule has 0 aliphatic carbocycles. The second-order valence-electron chi connectivity index (χ2n) is 7.84. The third kappa shape index (κ3) is 5.46. The average Bonchev–Trinajstić information content (AvgIpc) is 3.01. The highest BCUT2D eigenvalue weighted by molar-refractivity contribution is 7.90. The molecule has 170 valence electrons. The van der Waals surface area contributed by atoms with E-state index in [1.165, 1.54) is 22.9 Å². The first kappa shape index (κ1) is 23.3. The summed E-state index contributed by atoms with van der Waals surface area (Å²) in [7, 11) is -2.29. The van der Waals surface area contributed by atoms with Crippen LogP contribution in [-0.4, -0.2) is 100.0 Å². The summed E-state index contributed by atoms with van der Waals surface area (Å²) in [6.45, 7) is 3.54. The Hall–Kier alpha value is -2.37. The first-order valence-electron chi connectivity index (χ1n) is 9.94. The normalized spacial score (nSPS) is 20.4. The van der Waals surface area contributed by atoms with Crippen LogP contribution in [0.2, 0.25) is 0 Å². The Morgan fingerprint density at radius 3 is 2.55 bits per heavy atom. The number of carbonyl (C=O) groups excluding carboxylic acids is 3. The molecule has 0 saturated carbocycles. The van der Waals surface area contributed by atoms with Crippen molar-refractivity contribution in [2.45, 2.75) is 11.4 Å². The summed E-state index contributed by atoms with van der Waals surface area (Å²) in [5.41, 5.74) is 0.237. The van der Waals surface area contributed by atoms with Gasteiger partial charge in [-0.15, -0.1) is 0 Å². The van der Waals surface area contributed by atoms with Crippen LogP contribution in [-0.2, 0) is 35.5 Å². The molecule has 0 radical (unpaired) electrons. The van der Waals surface area contributed by atoms with E-state index in [-0.39, 0.29) is 23.5 Å². The van der Waals surface area contributed by atoms with E-state index in [2.05, 4.69) is 4.90 Å². The highest BCUT2D eigenvalue weighted by Gasteiger charge is 2.44. The van der Waals surface area contributed by atoms with Crippen molar-refractivity contribution in [1.82, 2.24) is 14.7 Å². The number of carbonyl (C=O) groups is 3. The van der Waals surface area contributed by atoms with E-state index >= 15 is 0 Å². The SMILES string of the molecule is CN(Cc1ccc(F)cc1S(C)(=O)=O)C(=O)C1CN(CCN2CCOCC2)C(=O)C1=O. The van der Waals surface area contributed by atoms with E-state index in [1.807, 2.05) is 0 Å². The van der Waals surface area contributed by atoms with E-state index in [4.69, 9.17) is 4.74 Å². The number of ether oxygens (including phenoxy) is 1. The molecule has 2 fully saturated rings. The lowest BCUT2D eigenvalue weighted by Gasteiger charge is -2.28. The fraction of sp³-hybridized carbons (Fsp3) is 0.550. The van der Waals surface area contributed by atoms with Gasteiger partial charge in [0, 0.05) is 52.6 Å². The number of rotatable bonds is 7. The Bertz CT molecular complexity index is 977. The van der Waals surface area contributed by atoms with Crippen LogP contribution in [0.15, 0.2) is 23.1 Å². The largest absolute Gasteiger partial charge is 0.379 e. The molecule has 2 heterocycles. The predicted octanol–water partition coefficient (Wildman–Crippen LogP) is -0.453. The molecule has 0 bridgehead atoms. The minimum atomic E-state index is -3.71. The van der Waals surface area contributed by atoms with Crippen LogP contribution >= 0.6 is 0 Å². The van der Waals surface area contributed by atoms with E-state index in [0.29, 0.717) is 26.3 Å². The van der Waals surface area contributed by atoms with Gasteiger partial charge in [0.25, 0.3) is 5.91 Å². The Morgan fingerprint density at radius 1 is 1.23 bits per heavy atom. The fourth-order valence-electron chi connectivity index (χ4n) is 3.76. The van der Waals surface area contributed by atoms with Gasteiger partial charge < -0.3 is 14.5 Å². The number of Topliss-reactive ketones (excluding diaryl/α,β-unsaturated/α-hetero) is 1. The van der Waals surface area contributed by atoms with Crippen molar-refractivity contribution in [2.24, 2.45) is 5.92 Å². The van der Waals surface area contributed by atoms with Crippen LogP contribution in [0.3, 0.4) is 0 Å². The summed E-state index contributed by atoms with van der Waals surface area (Å²) in [5.74, 6) is -3.86. The van der Waals surface area contributed by atoms with Crippen molar-refractivity contribution in [3.05, 3.63) is 29.6 Å². The van der Waals surface area contributed by atoms with E-state index in [9.17, 15) is 27.2 Å². The van der Waals surface area contributed by atoms with Crippen molar-refractivity contribution in [3.8, 4) is 0 Å². The molecule has 0 N–H and O–H groups in total. The number of nitrogens with zero attached hydrogens (tertiary/aromatic N) is 3. The second-order valence-corrected chi connectivity index (χ2v) is 9.82. The lowest BCUT2D eigenvalue weighted by atomic mass is 10.1. The molecule has 1 unspecified atom stereocenters. The predicted molar refractivity (Wildman–Crippen MR) is 108 cm³/mol. The molecule has 1 aromatic carbocycles. The van der Waals surface area contributed by atoms with Crippen LogP contribution in [0.4, 0.5) is 4.39 Å². The lowest BCUT2D eigenvalue weighted by Crippen LogP contribution is -2.42. The highest BCUT2D eigenvalue weighted by Crippen LogP contribution is 2.22. The monoisotopic (exact) mass is 455 g/mol. The molecule has 2 aliphatic rings. The number of likely N-dealkylation sites (tertiary alicyclic amines) is 1. The first-order valence-corrected chi connectivity index (χ1v) is 11.8. The molecule has 0 spiro atoms.